The number of alkyl halides is 6. The van der Waals surface area contributed by atoms with Crippen LogP contribution in [0.5, 0.6) is 0 Å². The number of carbonyl (C=O) groups excluding carboxylic acids is 1. The van der Waals surface area contributed by atoms with E-state index in [2.05, 4.69) is 15.5 Å². The second-order valence-electron chi connectivity index (χ2n) is 9.97. The van der Waals surface area contributed by atoms with Crippen LogP contribution in [0.25, 0.3) is 0 Å². The molecule has 1 saturated heterocycles. The number of piperidine rings is 1. The first-order chi connectivity index (χ1) is 17.7. The lowest BCUT2D eigenvalue weighted by atomic mass is 9.71. The van der Waals surface area contributed by atoms with E-state index < -0.39 is 61.1 Å². The molecule has 0 radical (unpaired) electrons. The van der Waals surface area contributed by atoms with Gasteiger partial charge in [-0.25, -0.2) is 0 Å². The maximum absolute atomic E-state index is 13.9. The number of rotatable bonds is 5. The van der Waals surface area contributed by atoms with Crippen molar-refractivity contribution in [3.05, 3.63) is 70.9 Å². The largest absolute Gasteiger partial charge is 0.393 e. The molecule has 0 bridgehead atoms. The predicted octanol–water partition coefficient (Wildman–Crippen LogP) is 5.43. The quantitative estimate of drug-likeness (QED) is 0.511. The van der Waals surface area contributed by atoms with Crippen molar-refractivity contribution in [3.63, 3.8) is 0 Å². The smallest absolute Gasteiger partial charge is 0.361 e. The van der Waals surface area contributed by atoms with Gasteiger partial charge in [-0.1, -0.05) is 29.5 Å². The number of nitrogens with one attached hydrogen (secondary N) is 1. The molecule has 2 aliphatic rings. The van der Waals surface area contributed by atoms with Gasteiger partial charge in [0.15, 0.2) is 5.69 Å². The molecule has 0 aromatic carbocycles. The molecule has 2 unspecified atom stereocenters. The summed E-state index contributed by atoms with van der Waals surface area (Å²) in [7, 11) is 0. The minimum atomic E-state index is -4.81. The van der Waals surface area contributed by atoms with E-state index >= 15 is 0 Å². The minimum absolute atomic E-state index is 0.0197. The fraction of sp³-hybridized carbons (Fsp3) is 0.500. The first kappa shape index (κ1) is 27.9. The van der Waals surface area contributed by atoms with Crippen molar-refractivity contribution < 1.29 is 35.7 Å². The van der Waals surface area contributed by atoms with Gasteiger partial charge in [0, 0.05) is 43.0 Å². The molecular weight excluding hydrogens is 514 g/mol. The summed E-state index contributed by atoms with van der Waals surface area (Å²) in [5.74, 6) is -5.20. The van der Waals surface area contributed by atoms with Crippen LogP contribution in [0.2, 0.25) is 0 Å². The molecule has 1 aliphatic heterocycles. The number of allylic oxidation sites excluding steroid dienone is 2. The van der Waals surface area contributed by atoms with E-state index in [0.29, 0.717) is 22.7 Å². The molecule has 206 valence electrons. The van der Waals surface area contributed by atoms with E-state index in [1.54, 1.807) is 57.2 Å². The van der Waals surface area contributed by atoms with Gasteiger partial charge in [-0.15, -0.1) is 0 Å². The Balaban J connectivity index is 1.79. The molecule has 4 atom stereocenters. The van der Waals surface area contributed by atoms with E-state index in [1.807, 2.05) is 0 Å². The van der Waals surface area contributed by atoms with Crippen LogP contribution in [0.4, 0.5) is 26.3 Å². The normalized spacial score (nSPS) is 26.5. The first-order valence-electron chi connectivity index (χ1n) is 12.1. The third-order valence-electron chi connectivity index (χ3n) is 7.16. The lowest BCUT2D eigenvalue weighted by Crippen LogP contribution is -2.60. The van der Waals surface area contributed by atoms with Crippen molar-refractivity contribution in [1.29, 1.82) is 0 Å². The van der Waals surface area contributed by atoms with Crippen LogP contribution >= 0.6 is 0 Å². The second kappa shape index (κ2) is 10.2. The monoisotopic (exact) mass is 542 g/mol. The Kier molecular flexibility index (Phi) is 7.48. The number of aryl methyl sites for hydroxylation is 3. The molecule has 0 spiro atoms. The minimum Gasteiger partial charge on any atom is -0.361 e. The topological polar surface area (TPSA) is 71.3 Å². The number of aromatic nitrogens is 2. The summed E-state index contributed by atoms with van der Waals surface area (Å²) in [4.78, 5) is 18.3. The standard InChI is InChI=1S/C26H28F6N4O2/c1-15-8-19(9-16(2)34-15)24(36-13-20(25(27,28)29)11-21(14-36)26(30,31)32)7-5-4-6-18(24)12-33-23(37)22-10-17(3)38-35-22/h4-10,18,20-21H,11-14H2,1-3H3,(H,33,37)/t18?,20-,21+,24?. The van der Waals surface area contributed by atoms with E-state index in [-0.39, 0.29) is 12.2 Å². The fourth-order valence-electron chi connectivity index (χ4n) is 5.44. The summed E-state index contributed by atoms with van der Waals surface area (Å²) in [6, 6.07) is 4.78. The van der Waals surface area contributed by atoms with Crippen molar-refractivity contribution in [2.24, 2.45) is 17.8 Å². The highest BCUT2D eigenvalue weighted by Gasteiger charge is 2.56. The van der Waals surface area contributed by atoms with Crippen LogP contribution in [-0.2, 0) is 5.54 Å². The van der Waals surface area contributed by atoms with Crippen molar-refractivity contribution >= 4 is 5.91 Å². The average Bonchev–Trinajstić information content (AvgIpc) is 3.27. The Labute approximate surface area is 215 Å². The Morgan fingerprint density at radius 2 is 1.63 bits per heavy atom. The summed E-state index contributed by atoms with van der Waals surface area (Å²) in [5.41, 5.74) is 0.253. The first-order valence-corrected chi connectivity index (χ1v) is 12.1. The predicted molar refractivity (Wildman–Crippen MR) is 126 cm³/mol. The van der Waals surface area contributed by atoms with Crippen molar-refractivity contribution in [2.75, 3.05) is 19.6 Å². The molecule has 1 N–H and O–H groups in total. The Morgan fingerprint density at radius 3 is 2.16 bits per heavy atom. The highest BCUT2D eigenvalue weighted by atomic mass is 19.4. The summed E-state index contributed by atoms with van der Waals surface area (Å²) in [5, 5.41) is 6.40. The van der Waals surface area contributed by atoms with Crippen molar-refractivity contribution in [3.8, 4) is 0 Å². The highest BCUT2D eigenvalue weighted by molar-refractivity contribution is 5.92. The second-order valence-corrected chi connectivity index (χ2v) is 9.97. The molecule has 4 rings (SSSR count). The van der Waals surface area contributed by atoms with Gasteiger partial charge in [-0.2, -0.15) is 26.3 Å². The summed E-state index contributed by atoms with van der Waals surface area (Å²) in [6.45, 7) is 3.72. The molecule has 0 saturated carbocycles. The molecule has 38 heavy (non-hydrogen) atoms. The molecule has 3 heterocycles. The van der Waals surface area contributed by atoms with Crippen LogP contribution in [0.15, 0.2) is 47.0 Å². The van der Waals surface area contributed by atoms with Crippen LogP contribution < -0.4 is 5.32 Å². The van der Waals surface area contributed by atoms with Gasteiger partial charge in [0.25, 0.3) is 5.91 Å². The van der Waals surface area contributed by atoms with Gasteiger partial charge < -0.3 is 9.84 Å². The number of pyridine rings is 1. The molecule has 2 aromatic heterocycles. The molecular formula is C26H28F6N4O2. The highest BCUT2D eigenvalue weighted by Crippen LogP contribution is 2.48. The number of halogens is 6. The van der Waals surface area contributed by atoms with E-state index in [1.165, 1.54) is 11.0 Å². The van der Waals surface area contributed by atoms with Crippen LogP contribution in [0.3, 0.4) is 0 Å². The molecule has 1 aliphatic carbocycles. The molecule has 1 fully saturated rings. The lowest BCUT2D eigenvalue weighted by molar-refractivity contribution is -0.238. The van der Waals surface area contributed by atoms with Gasteiger partial charge in [0.05, 0.1) is 17.4 Å². The third-order valence-corrected chi connectivity index (χ3v) is 7.16. The molecule has 1 amide bonds. The molecule has 6 nitrogen and oxygen atoms in total. The third kappa shape index (κ3) is 5.64. The summed E-state index contributed by atoms with van der Waals surface area (Å²) in [6.07, 6.45) is -4.04. The number of amides is 1. The van der Waals surface area contributed by atoms with Gasteiger partial charge >= 0.3 is 12.4 Å². The Hall–Kier alpha value is -3.15. The molecule has 2 aromatic rings. The summed E-state index contributed by atoms with van der Waals surface area (Å²) < 4.78 is 88.5. The maximum atomic E-state index is 13.9. The zero-order valence-electron chi connectivity index (χ0n) is 21.0. The number of hydrogen-bond donors (Lipinski definition) is 1. The maximum Gasteiger partial charge on any atom is 0.393 e. The number of nitrogens with zero attached hydrogens (tertiary/aromatic N) is 3. The molecule has 12 heteroatoms. The lowest BCUT2D eigenvalue weighted by Gasteiger charge is -2.52. The Bertz CT molecular complexity index is 1190. The van der Waals surface area contributed by atoms with Gasteiger partial charge in [0.1, 0.15) is 5.76 Å². The van der Waals surface area contributed by atoms with Crippen molar-refractivity contribution in [1.82, 2.24) is 20.4 Å². The van der Waals surface area contributed by atoms with E-state index in [4.69, 9.17) is 4.52 Å². The number of hydrogen-bond acceptors (Lipinski definition) is 5. The van der Waals surface area contributed by atoms with Crippen LogP contribution in [-0.4, -0.2) is 52.9 Å². The van der Waals surface area contributed by atoms with Crippen LogP contribution in [0.1, 0.15) is 39.6 Å². The van der Waals surface area contributed by atoms with E-state index in [0.717, 1.165) is 0 Å². The average molecular weight is 543 g/mol. The zero-order valence-corrected chi connectivity index (χ0v) is 21.0. The number of likely N-dealkylation sites (tertiary alicyclic amines) is 1. The summed E-state index contributed by atoms with van der Waals surface area (Å²) >= 11 is 0. The van der Waals surface area contributed by atoms with Gasteiger partial charge in [0.2, 0.25) is 0 Å². The van der Waals surface area contributed by atoms with Gasteiger partial charge in [-0.3, -0.25) is 14.7 Å². The fourth-order valence-corrected chi connectivity index (χ4v) is 5.44. The van der Waals surface area contributed by atoms with Crippen molar-refractivity contribution in [2.45, 2.75) is 45.1 Å². The number of carbonyl (C=O) groups is 1. The zero-order chi connectivity index (χ0) is 27.9. The Morgan fingerprint density at radius 1 is 1.03 bits per heavy atom. The van der Waals surface area contributed by atoms with E-state index in [9.17, 15) is 31.1 Å². The van der Waals surface area contributed by atoms with Crippen LogP contribution in [0, 0.1) is 38.5 Å². The SMILES string of the molecule is Cc1cc(C2(N3C[C@H](C(F)(F)F)C[C@H](C(F)(F)F)C3)C=CC=CC2CNC(=O)c2cc(C)on2)cc(C)n1. The van der Waals surface area contributed by atoms with Gasteiger partial charge in [-0.05, 0) is 44.9 Å².